The van der Waals surface area contributed by atoms with Gasteiger partial charge in [-0.05, 0) is 19.4 Å². The molecule has 1 fully saturated rings. The predicted molar refractivity (Wildman–Crippen MR) is 65.5 cm³/mol. The van der Waals surface area contributed by atoms with Crippen molar-refractivity contribution in [3.63, 3.8) is 0 Å². The van der Waals surface area contributed by atoms with Crippen LogP contribution >= 0.6 is 0 Å². The average molecular weight is 238 g/mol. The first-order valence-electron chi connectivity index (χ1n) is 6.27. The number of aromatic nitrogens is 2. The summed E-state index contributed by atoms with van der Waals surface area (Å²) in [6.07, 6.45) is 2.39. The highest BCUT2D eigenvalue weighted by Gasteiger charge is 2.26. The van der Waals surface area contributed by atoms with Crippen molar-refractivity contribution in [1.29, 1.82) is 0 Å². The summed E-state index contributed by atoms with van der Waals surface area (Å²) in [5, 5.41) is 8.22. The third kappa shape index (κ3) is 2.84. The first-order valence-corrected chi connectivity index (χ1v) is 6.27. The van der Waals surface area contributed by atoms with Gasteiger partial charge in [0.25, 0.3) is 0 Å². The van der Waals surface area contributed by atoms with Crippen LogP contribution in [0.3, 0.4) is 0 Å². The summed E-state index contributed by atoms with van der Waals surface area (Å²) in [5.74, 6) is 1.41. The molecule has 0 aromatic carbocycles. The molecule has 1 unspecified atom stereocenters. The zero-order chi connectivity index (χ0) is 12.5. The van der Waals surface area contributed by atoms with Gasteiger partial charge < -0.3 is 10.2 Å². The van der Waals surface area contributed by atoms with Crippen LogP contribution in [0.1, 0.15) is 45.4 Å². The van der Waals surface area contributed by atoms with E-state index >= 15 is 0 Å². The van der Waals surface area contributed by atoms with Gasteiger partial charge in [-0.2, -0.15) is 0 Å². The summed E-state index contributed by atoms with van der Waals surface area (Å²) < 4.78 is 5.70. The highest BCUT2D eigenvalue weighted by molar-refractivity contribution is 4.96. The molecule has 1 saturated heterocycles. The largest absolute Gasteiger partial charge is 0.423 e. The predicted octanol–water partition coefficient (Wildman–Crippen LogP) is 1.29. The molecule has 1 aliphatic rings. The van der Waals surface area contributed by atoms with Crippen molar-refractivity contribution < 1.29 is 4.42 Å². The van der Waals surface area contributed by atoms with E-state index < -0.39 is 0 Å². The Balaban J connectivity index is 2.02. The molecule has 1 aliphatic heterocycles. The molecule has 96 valence electrons. The van der Waals surface area contributed by atoms with Crippen LogP contribution in [0, 0.1) is 0 Å². The normalized spacial score (nSPS) is 22.2. The van der Waals surface area contributed by atoms with Crippen molar-refractivity contribution in [1.82, 2.24) is 15.1 Å². The summed E-state index contributed by atoms with van der Waals surface area (Å²) in [5.41, 5.74) is 5.66. The maximum atomic E-state index is 5.74. The van der Waals surface area contributed by atoms with Crippen molar-refractivity contribution in [2.75, 3.05) is 13.1 Å². The second-order valence-electron chi connectivity index (χ2n) is 5.75. The van der Waals surface area contributed by atoms with E-state index in [2.05, 4.69) is 35.9 Å². The first-order chi connectivity index (χ1) is 8.00. The Morgan fingerprint density at radius 3 is 2.76 bits per heavy atom. The van der Waals surface area contributed by atoms with Gasteiger partial charge in [0.05, 0.1) is 6.54 Å². The lowest BCUT2D eigenvalue weighted by molar-refractivity contribution is 0.220. The zero-order valence-corrected chi connectivity index (χ0v) is 10.9. The fourth-order valence-electron chi connectivity index (χ4n) is 2.16. The molecule has 1 aromatic heterocycles. The molecule has 5 nitrogen and oxygen atoms in total. The molecule has 2 N–H and O–H groups in total. The van der Waals surface area contributed by atoms with Gasteiger partial charge in [0.15, 0.2) is 0 Å². The Bertz CT molecular complexity index is 369. The molecule has 2 rings (SSSR count). The van der Waals surface area contributed by atoms with Gasteiger partial charge in [-0.15, -0.1) is 10.2 Å². The second kappa shape index (κ2) is 4.74. The highest BCUT2D eigenvalue weighted by Crippen LogP contribution is 2.23. The highest BCUT2D eigenvalue weighted by atomic mass is 16.4. The van der Waals surface area contributed by atoms with E-state index in [4.69, 9.17) is 10.2 Å². The molecule has 0 radical (unpaired) electrons. The Labute approximate surface area is 102 Å². The van der Waals surface area contributed by atoms with Crippen LogP contribution in [0.4, 0.5) is 0 Å². The molecular weight excluding hydrogens is 216 g/mol. The summed E-state index contributed by atoms with van der Waals surface area (Å²) in [7, 11) is 0. The van der Waals surface area contributed by atoms with Crippen LogP contribution in [0.5, 0.6) is 0 Å². The summed E-state index contributed by atoms with van der Waals surface area (Å²) in [6.45, 7) is 8.73. The fraction of sp³-hybridized carbons (Fsp3) is 0.833. The molecule has 0 amide bonds. The minimum atomic E-state index is -0.0798. The lowest BCUT2D eigenvalue weighted by Crippen LogP contribution is -2.34. The molecule has 1 atom stereocenters. The Hall–Kier alpha value is -0.940. The minimum Gasteiger partial charge on any atom is -0.423 e. The van der Waals surface area contributed by atoms with Crippen LogP contribution in [0.25, 0.3) is 0 Å². The number of likely N-dealkylation sites (tertiary alicyclic amines) is 1. The lowest BCUT2D eigenvalue weighted by Gasteiger charge is -2.20. The van der Waals surface area contributed by atoms with Gasteiger partial charge in [-0.1, -0.05) is 20.8 Å². The number of rotatable bonds is 3. The molecule has 0 spiro atoms. The number of nitrogens with zero attached hydrogens (tertiary/aromatic N) is 3. The van der Waals surface area contributed by atoms with Crippen molar-refractivity contribution >= 4 is 0 Å². The molecular formula is C12H22N4O. The summed E-state index contributed by atoms with van der Waals surface area (Å²) in [6, 6.07) is 0.472. The van der Waals surface area contributed by atoms with E-state index in [1.54, 1.807) is 0 Å². The fourth-order valence-corrected chi connectivity index (χ4v) is 2.16. The van der Waals surface area contributed by atoms with Gasteiger partial charge in [-0.3, -0.25) is 4.90 Å². The molecule has 0 bridgehead atoms. The van der Waals surface area contributed by atoms with E-state index in [0.29, 0.717) is 24.4 Å². The van der Waals surface area contributed by atoms with Crippen LogP contribution in [-0.2, 0) is 12.0 Å². The van der Waals surface area contributed by atoms with Crippen LogP contribution in [0.2, 0.25) is 0 Å². The monoisotopic (exact) mass is 238 g/mol. The van der Waals surface area contributed by atoms with Crippen molar-refractivity contribution in [2.24, 2.45) is 5.73 Å². The number of nitrogens with two attached hydrogens (primary N) is 1. The van der Waals surface area contributed by atoms with Gasteiger partial charge >= 0.3 is 0 Å². The third-order valence-electron chi connectivity index (χ3n) is 3.22. The van der Waals surface area contributed by atoms with Crippen LogP contribution in [-0.4, -0.2) is 34.2 Å². The van der Waals surface area contributed by atoms with E-state index in [9.17, 15) is 0 Å². The zero-order valence-electron chi connectivity index (χ0n) is 10.9. The molecule has 2 heterocycles. The van der Waals surface area contributed by atoms with Gasteiger partial charge in [-0.25, -0.2) is 0 Å². The Kier molecular flexibility index (Phi) is 3.49. The van der Waals surface area contributed by atoms with Gasteiger partial charge in [0.1, 0.15) is 0 Å². The minimum absolute atomic E-state index is 0.0798. The van der Waals surface area contributed by atoms with Crippen molar-refractivity contribution in [2.45, 2.75) is 51.6 Å². The quantitative estimate of drug-likeness (QED) is 0.859. The molecule has 0 aliphatic carbocycles. The SMILES string of the molecule is CC(C)(C)c1nnc(CN2CCCC2CN)o1. The Morgan fingerprint density at radius 2 is 2.18 bits per heavy atom. The third-order valence-corrected chi connectivity index (χ3v) is 3.22. The van der Waals surface area contributed by atoms with E-state index in [1.165, 1.54) is 12.8 Å². The topological polar surface area (TPSA) is 68.2 Å². The van der Waals surface area contributed by atoms with Crippen molar-refractivity contribution in [3.05, 3.63) is 11.8 Å². The molecule has 1 aromatic rings. The van der Waals surface area contributed by atoms with E-state index in [-0.39, 0.29) is 5.41 Å². The smallest absolute Gasteiger partial charge is 0.230 e. The van der Waals surface area contributed by atoms with Crippen LogP contribution < -0.4 is 5.73 Å². The second-order valence-corrected chi connectivity index (χ2v) is 5.75. The van der Waals surface area contributed by atoms with Gasteiger partial charge in [0, 0.05) is 18.0 Å². The summed E-state index contributed by atoms with van der Waals surface area (Å²) in [4.78, 5) is 2.33. The van der Waals surface area contributed by atoms with Crippen LogP contribution in [0.15, 0.2) is 4.42 Å². The molecule has 5 heteroatoms. The van der Waals surface area contributed by atoms with Gasteiger partial charge in [0.2, 0.25) is 11.8 Å². The molecule has 17 heavy (non-hydrogen) atoms. The summed E-state index contributed by atoms with van der Waals surface area (Å²) >= 11 is 0. The maximum absolute atomic E-state index is 5.74. The number of hydrogen-bond acceptors (Lipinski definition) is 5. The molecule has 0 saturated carbocycles. The first kappa shape index (κ1) is 12.5. The Morgan fingerprint density at radius 1 is 1.41 bits per heavy atom. The van der Waals surface area contributed by atoms with E-state index in [0.717, 1.165) is 13.1 Å². The van der Waals surface area contributed by atoms with E-state index in [1.807, 2.05) is 0 Å². The lowest BCUT2D eigenvalue weighted by atomic mass is 9.97. The number of hydrogen-bond donors (Lipinski definition) is 1. The maximum Gasteiger partial charge on any atom is 0.230 e. The standard InChI is InChI=1S/C12H22N4O/c1-12(2,3)11-15-14-10(17-11)8-16-6-4-5-9(16)7-13/h9H,4-8,13H2,1-3H3. The van der Waals surface area contributed by atoms with Crippen molar-refractivity contribution in [3.8, 4) is 0 Å². The average Bonchev–Trinajstić information content (AvgIpc) is 2.86.